The van der Waals surface area contributed by atoms with E-state index in [2.05, 4.69) is 6.07 Å². The Hall–Kier alpha value is -2.15. The molecule has 0 aliphatic carbocycles. The maximum absolute atomic E-state index is 13.3. The summed E-state index contributed by atoms with van der Waals surface area (Å²) < 4.78 is 38.1. The summed E-state index contributed by atoms with van der Waals surface area (Å²) in [5.74, 6) is 0.144. The largest absolute Gasteiger partial charge is 0.497 e. The number of amides is 1. The summed E-state index contributed by atoms with van der Waals surface area (Å²) in [6, 6.07) is 8.46. The second-order valence-electron chi connectivity index (χ2n) is 7.66. The van der Waals surface area contributed by atoms with Gasteiger partial charge in [-0.15, -0.1) is 0 Å². The quantitative estimate of drug-likeness (QED) is 0.650. The lowest BCUT2D eigenvalue weighted by atomic mass is 9.96. The van der Waals surface area contributed by atoms with Crippen LogP contribution in [-0.2, 0) is 19.6 Å². The van der Waals surface area contributed by atoms with E-state index in [4.69, 9.17) is 14.7 Å². The number of piperidine rings is 1. The Bertz CT molecular complexity index is 860. The number of hydrogen-bond acceptors (Lipinski definition) is 6. The number of ether oxygens (including phenoxy) is 2. The number of rotatable bonds is 7. The molecule has 3 rings (SSSR count). The summed E-state index contributed by atoms with van der Waals surface area (Å²) in [7, 11) is -2.16. The SMILES string of the molecule is COc1ccc(S(=O)(=O)N2CCCC(C(=O)N(CCC#N)C3CCOCC3)C2)cc1. The molecule has 0 N–H and O–H groups in total. The zero-order valence-electron chi connectivity index (χ0n) is 17.3. The van der Waals surface area contributed by atoms with Gasteiger partial charge < -0.3 is 14.4 Å². The molecule has 164 valence electrons. The van der Waals surface area contributed by atoms with Crippen LogP contribution in [0.25, 0.3) is 0 Å². The third-order valence-electron chi connectivity index (χ3n) is 5.81. The van der Waals surface area contributed by atoms with Crippen molar-refractivity contribution in [2.45, 2.75) is 43.0 Å². The fourth-order valence-electron chi connectivity index (χ4n) is 4.13. The van der Waals surface area contributed by atoms with E-state index in [9.17, 15) is 13.2 Å². The van der Waals surface area contributed by atoms with Gasteiger partial charge in [0.05, 0.1) is 30.4 Å². The lowest BCUT2D eigenvalue weighted by Crippen LogP contribution is -2.51. The molecule has 0 spiro atoms. The Morgan fingerprint density at radius 2 is 1.97 bits per heavy atom. The lowest BCUT2D eigenvalue weighted by molar-refractivity contribution is -0.141. The fraction of sp³-hybridized carbons (Fsp3) is 0.619. The van der Waals surface area contributed by atoms with Gasteiger partial charge in [-0.2, -0.15) is 9.57 Å². The molecular formula is C21H29N3O5S. The van der Waals surface area contributed by atoms with Crippen molar-refractivity contribution in [2.24, 2.45) is 5.92 Å². The maximum atomic E-state index is 13.3. The van der Waals surface area contributed by atoms with Crippen LogP contribution in [-0.4, -0.2) is 69.5 Å². The van der Waals surface area contributed by atoms with Crippen LogP contribution in [0.15, 0.2) is 29.2 Å². The molecule has 0 bridgehead atoms. The van der Waals surface area contributed by atoms with E-state index < -0.39 is 15.9 Å². The van der Waals surface area contributed by atoms with Crippen LogP contribution in [0.1, 0.15) is 32.1 Å². The van der Waals surface area contributed by atoms with Crippen molar-refractivity contribution in [3.63, 3.8) is 0 Å². The van der Waals surface area contributed by atoms with E-state index in [1.54, 1.807) is 17.0 Å². The zero-order valence-corrected chi connectivity index (χ0v) is 18.1. The number of nitrogens with zero attached hydrogens (tertiary/aromatic N) is 3. The van der Waals surface area contributed by atoms with E-state index in [-0.39, 0.29) is 29.8 Å². The van der Waals surface area contributed by atoms with Crippen molar-refractivity contribution in [2.75, 3.05) is 40.0 Å². The standard InChI is InChI=1S/C21H29N3O5S/c1-28-19-5-7-20(8-6-19)30(26,27)23-12-2-4-17(16-23)21(25)24(13-3-11-22)18-9-14-29-15-10-18/h5-8,17-18H,2-4,9-10,12-16H2,1H3. The minimum atomic E-state index is -3.69. The van der Waals surface area contributed by atoms with Gasteiger partial charge in [0, 0.05) is 38.9 Å². The summed E-state index contributed by atoms with van der Waals surface area (Å²) in [6.07, 6.45) is 3.05. The number of nitriles is 1. The van der Waals surface area contributed by atoms with Crippen LogP contribution in [0.2, 0.25) is 0 Å². The van der Waals surface area contributed by atoms with Gasteiger partial charge in [-0.1, -0.05) is 0 Å². The molecule has 0 radical (unpaired) electrons. The molecule has 9 heteroatoms. The molecule has 2 aliphatic heterocycles. The average molecular weight is 436 g/mol. The van der Waals surface area contributed by atoms with Crippen molar-refractivity contribution >= 4 is 15.9 Å². The number of sulfonamides is 1. The molecule has 2 fully saturated rings. The molecule has 1 atom stereocenters. The Morgan fingerprint density at radius 1 is 1.27 bits per heavy atom. The number of hydrogen-bond donors (Lipinski definition) is 0. The molecular weight excluding hydrogens is 406 g/mol. The molecule has 2 heterocycles. The monoisotopic (exact) mass is 435 g/mol. The minimum Gasteiger partial charge on any atom is -0.497 e. The highest BCUT2D eigenvalue weighted by molar-refractivity contribution is 7.89. The zero-order chi connectivity index (χ0) is 21.6. The topological polar surface area (TPSA) is 99.9 Å². The Morgan fingerprint density at radius 3 is 2.60 bits per heavy atom. The van der Waals surface area contributed by atoms with E-state index in [1.165, 1.54) is 23.5 Å². The smallest absolute Gasteiger partial charge is 0.243 e. The Kier molecular flexibility index (Phi) is 7.69. The summed E-state index contributed by atoms with van der Waals surface area (Å²) in [4.78, 5) is 15.3. The highest BCUT2D eigenvalue weighted by Crippen LogP contribution is 2.27. The third kappa shape index (κ3) is 5.12. The lowest BCUT2D eigenvalue weighted by Gasteiger charge is -2.38. The third-order valence-corrected chi connectivity index (χ3v) is 7.69. The second kappa shape index (κ2) is 10.2. The first kappa shape index (κ1) is 22.5. The second-order valence-corrected chi connectivity index (χ2v) is 9.60. The van der Waals surface area contributed by atoms with Crippen LogP contribution in [0.5, 0.6) is 5.75 Å². The van der Waals surface area contributed by atoms with E-state index in [0.717, 1.165) is 12.8 Å². The van der Waals surface area contributed by atoms with Gasteiger partial charge in [0.1, 0.15) is 5.75 Å². The maximum Gasteiger partial charge on any atom is 0.243 e. The fourth-order valence-corrected chi connectivity index (χ4v) is 5.66. The highest BCUT2D eigenvalue weighted by Gasteiger charge is 2.37. The van der Waals surface area contributed by atoms with Crippen molar-refractivity contribution in [3.8, 4) is 11.8 Å². The molecule has 1 aromatic rings. The normalized spacial score (nSPS) is 21.0. The van der Waals surface area contributed by atoms with Crippen LogP contribution in [0.4, 0.5) is 0 Å². The van der Waals surface area contributed by atoms with Crippen molar-refractivity contribution in [1.29, 1.82) is 5.26 Å². The first-order chi connectivity index (χ1) is 14.5. The van der Waals surface area contributed by atoms with E-state index >= 15 is 0 Å². The van der Waals surface area contributed by atoms with Gasteiger partial charge >= 0.3 is 0 Å². The number of carbonyl (C=O) groups is 1. The number of methoxy groups -OCH3 is 1. The van der Waals surface area contributed by atoms with Crippen molar-refractivity contribution in [1.82, 2.24) is 9.21 Å². The van der Waals surface area contributed by atoms with Crippen LogP contribution >= 0.6 is 0 Å². The predicted octanol–water partition coefficient (Wildman–Crippen LogP) is 2.02. The molecule has 1 amide bonds. The summed E-state index contributed by atoms with van der Waals surface area (Å²) >= 11 is 0. The highest BCUT2D eigenvalue weighted by atomic mass is 32.2. The van der Waals surface area contributed by atoms with Crippen LogP contribution in [0.3, 0.4) is 0 Å². The molecule has 0 aromatic heterocycles. The Balaban J connectivity index is 1.74. The van der Waals surface area contributed by atoms with Crippen molar-refractivity contribution in [3.05, 3.63) is 24.3 Å². The van der Waals surface area contributed by atoms with Gasteiger partial charge in [0.15, 0.2) is 0 Å². The summed E-state index contributed by atoms with van der Waals surface area (Å²) in [5, 5.41) is 9.01. The number of benzene rings is 1. The van der Waals surface area contributed by atoms with Crippen LogP contribution < -0.4 is 4.74 Å². The average Bonchev–Trinajstić information content (AvgIpc) is 2.80. The summed E-state index contributed by atoms with van der Waals surface area (Å²) in [6.45, 7) is 2.14. The first-order valence-electron chi connectivity index (χ1n) is 10.4. The Labute approximate surface area is 178 Å². The molecule has 8 nitrogen and oxygen atoms in total. The van der Waals surface area contributed by atoms with Crippen LogP contribution in [0, 0.1) is 17.2 Å². The van der Waals surface area contributed by atoms with Gasteiger partial charge in [-0.25, -0.2) is 8.42 Å². The minimum absolute atomic E-state index is 0.0492. The molecule has 0 saturated carbocycles. The predicted molar refractivity (Wildman–Crippen MR) is 110 cm³/mol. The van der Waals surface area contributed by atoms with E-state index in [0.29, 0.717) is 44.9 Å². The van der Waals surface area contributed by atoms with Crippen molar-refractivity contribution < 1.29 is 22.7 Å². The molecule has 2 saturated heterocycles. The molecule has 30 heavy (non-hydrogen) atoms. The van der Waals surface area contributed by atoms with E-state index in [1.807, 2.05) is 0 Å². The van der Waals surface area contributed by atoms with Gasteiger partial charge in [0.25, 0.3) is 0 Å². The van der Waals surface area contributed by atoms with Gasteiger partial charge in [-0.05, 0) is 49.9 Å². The first-order valence-corrected chi connectivity index (χ1v) is 11.8. The van der Waals surface area contributed by atoms with Gasteiger partial charge in [-0.3, -0.25) is 4.79 Å². The number of carbonyl (C=O) groups excluding carboxylic acids is 1. The molecule has 2 aliphatic rings. The molecule has 1 aromatic carbocycles. The summed E-state index contributed by atoms with van der Waals surface area (Å²) in [5.41, 5.74) is 0. The molecule has 1 unspecified atom stereocenters. The van der Waals surface area contributed by atoms with Gasteiger partial charge in [0.2, 0.25) is 15.9 Å².